The maximum Gasteiger partial charge on any atom is 0.287 e. The molecule has 4 nitrogen and oxygen atoms in total. The number of hydrogen-bond donors (Lipinski definition) is 1. The van der Waals surface area contributed by atoms with Gasteiger partial charge in [0.25, 0.3) is 5.91 Å². The molecule has 0 atom stereocenters. The number of amides is 1. The van der Waals surface area contributed by atoms with E-state index in [0.717, 1.165) is 24.2 Å². The molecule has 0 saturated heterocycles. The predicted molar refractivity (Wildman–Crippen MR) is 74.7 cm³/mol. The van der Waals surface area contributed by atoms with Crippen molar-refractivity contribution in [3.05, 3.63) is 53.5 Å². The number of ether oxygens (including phenoxy) is 1. The van der Waals surface area contributed by atoms with Crippen LogP contribution in [0.5, 0.6) is 5.75 Å². The van der Waals surface area contributed by atoms with Gasteiger partial charge in [-0.2, -0.15) is 0 Å². The van der Waals surface area contributed by atoms with Gasteiger partial charge in [-0.15, -0.1) is 0 Å². The molecule has 1 aliphatic rings. The Balaban J connectivity index is 1.59. The molecule has 1 heterocycles. The number of benzene rings is 1. The summed E-state index contributed by atoms with van der Waals surface area (Å²) in [5.74, 6) is 1.68. The van der Waals surface area contributed by atoms with Crippen LogP contribution >= 0.6 is 0 Å². The van der Waals surface area contributed by atoms with Crippen LogP contribution < -0.4 is 10.1 Å². The maximum atomic E-state index is 11.8. The number of carbonyl (C=O) groups is 1. The summed E-state index contributed by atoms with van der Waals surface area (Å²) in [6, 6.07) is 11.6. The quantitative estimate of drug-likeness (QED) is 0.909. The molecular weight excluding hydrogens is 254 g/mol. The van der Waals surface area contributed by atoms with Gasteiger partial charge in [-0.05, 0) is 43.5 Å². The SMILES string of the molecule is Cc1ccccc1OCc1ccc(C(=O)NC2CC2)o1. The van der Waals surface area contributed by atoms with Gasteiger partial charge in [-0.25, -0.2) is 0 Å². The molecule has 1 aromatic heterocycles. The molecule has 1 amide bonds. The van der Waals surface area contributed by atoms with Gasteiger partial charge in [0.05, 0.1) is 0 Å². The summed E-state index contributed by atoms with van der Waals surface area (Å²) < 4.78 is 11.2. The van der Waals surface area contributed by atoms with E-state index in [1.54, 1.807) is 12.1 Å². The van der Waals surface area contributed by atoms with Gasteiger partial charge >= 0.3 is 0 Å². The minimum atomic E-state index is -0.144. The molecule has 2 aromatic rings. The second-order valence-corrected chi connectivity index (χ2v) is 5.07. The number of furan rings is 1. The Kier molecular flexibility index (Phi) is 3.46. The average molecular weight is 271 g/mol. The molecule has 1 aromatic carbocycles. The molecule has 4 heteroatoms. The summed E-state index contributed by atoms with van der Waals surface area (Å²) in [5.41, 5.74) is 1.07. The average Bonchev–Trinajstić information content (AvgIpc) is 3.13. The number of hydrogen-bond acceptors (Lipinski definition) is 3. The van der Waals surface area contributed by atoms with E-state index in [0.29, 0.717) is 24.2 Å². The molecule has 0 aliphatic heterocycles. The highest BCUT2D eigenvalue weighted by molar-refractivity contribution is 5.91. The van der Waals surface area contributed by atoms with E-state index in [9.17, 15) is 4.79 Å². The summed E-state index contributed by atoms with van der Waals surface area (Å²) in [7, 11) is 0. The van der Waals surface area contributed by atoms with Crippen molar-refractivity contribution in [1.82, 2.24) is 5.32 Å². The standard InChI is InChI=1S/C16H17NO3/c1-11-4-2-3-5-14(11)19-10-13-8-9-15(20-13)16(18)17-12-6-7-12/h2-5,8-9,12H,6-7,10H2,1H3,(H,17,18). The molecule has 1 aliphatic carbocycles. The van der Waals surface area contributed by atoms with Crippen molar-refractivity contribution in [2.45, 2.75) is 32.4 Å². The number of para-hydroxylation sites is 1. The van der Waals surface area contributed by atoms with E-state index in [1.165, 1.54) is 0 Å². The van der Waals surface area contributed by atoms with Crippen LogP contribution in [0, 0.1) is 6.92 Å². The Morgan fingerprint density at radius 2 is 2.10 bits per heavy atom. The summed E-state index contributed by atoms with van der Waals surface area (Å²) in [6.07, 6.45) is 2.13. The number of rotatable bonds is 5. The smallest absolute Gasteiger partial charge is 0.287 e. The first-order chi connectivity index (χ1) is 9.72. The lowest BCUT2D eigenvalue weighted by molar-refractivity contribution is 0.0919. The zero-order chi connectivity index (χ0) is 13.9. The summed E-state index contributed by atoms with van der Waals surface area (Å²) in [4.78, 5) is 11.8. The van der Waals surface area contributed by atoms with Crippen molar-refractivity contribution in [3.63, 3.8) is 0 Å². The fourth-order valence-corrected chi connectivity index (χ4v) is 1.93. The molecule has 20 heavy (non-hydrogen) atoms. The Bertz CT molecular complexity index is 614. The van der Waals surface area contributed by atoms with E-state index in [2.05, 4.69) is 5.32 Å². The van der Waals surface area contributed by atoms with E-state index >= 15 is 0 Å². The molecule has 0 bridgehead atoms. The van der Waals surface area contributed by atoms with E-state index < -0.39 is 0 Å². The molecule has 0 radical (unpaired) electrons. The third-order valence-electron chi connectivity index (χ3n) is 3.26. The lowest BCUT2D eigenvalue weighted by Gasteiger charge is -2.06. The molecule has 3 rings (SSSR count). The van der Waals surface area contributed by atoms with E-state index in [4.69, 9.17) is 9.15 Å². The van der Waals surface area contributed by atoms with Crippen molar-refractivity contribution in [1.29, 1.82) is 0 Å². The predicted octanol–water partition coefficient (Wildman–Crippen LogP) is 3.06. The van der Waals surface area contributed by atoms with Gasteiger partial charge in [0, 0.05) is 6.04 Å². The number of carbonyl (C=O) groups excluding carboxylic acids is 1. The van der Waals surface area contributed by atoms with Gasteiger partial charge in [0.15, 0.2) is 5.76 Å². The fraction of sp³-hybridized carbons (Fsp3) is 0.312. The highest BCUT2D eigenvalue weighted by atomic mass is 16.5. The van der Waals surface area contributed by atoms with Gasteiger partial charge < -0.3 is 14.5 Å². The third-order valence-corrected chi connectivity index (χ3v) is 3.26. The minimum Gasteiger partial charge on any atom is -0.485 e. The zero-order valence-corrected chi connectivity index (χ0v) is 11.4. The van der Waals surface area contributed by atoms with E-state index in [-0.39, 0.29) is 5.91 Å². The largest absolute Gasteiger partial charge is 0.485 e. The highest BCUT2D eigenvalue weighted by Crippen LogP contribution is 2.21. The van der Waals surface area contributed by atoms with Crippen LogP contribution in [0.3, 0.4) is 0 Å². The van der Waals surface area contributed by atoms with Gasteiger partial charge in [-0.3, -0.25) is 4.79 Å². The minimum absolute atomic E-state index is 0.144. The van der Waals surface area contributed by atoms with Crippen LogP contribution in [0.1, 0.15) is 34.7 Å². The fourth-order valence-electron chi connectivity index (χ4n) is 1.93. The Hall–Kier alpha value is -2.23. The Labute approximate surface area is 117 Å². The van der Waals surface area contributed by atoms with Crippen LogP contribution in [0.4, 0.5) is 0 Å². The van der Waals surface area contributed by atoms with Crippen molar-refractivity contribution < 1.29 is 13.9 Å². The normalized spacial score (nSPS) is 14.1. The topological polar surface area (TPSA) is 51.5 Å². The molecule has 1 saturated carbocycles. The van der Waals surface area contributed by atoms with Crippen LogP contribution in [0.25, 0.3) is 0 Å². The second kappa shape index (κ2) is 5.41. The maximum absolute atomic E-state index is 11.8. The molecule has 0 unspecified atom stereocenters. The molecule has 104 valence electrons. The number of nitrogens with one attached hydrogen (secondary N) is 1. The lowest BCUT2D eigenvalue weighted by Crippen LogP contribution is -2.24. The van der Waals surface area contributed by atoms with Crippen LogP contribution in [-0.4, -0.2) is 11.9 Å². The van der Waals surface area contributed by atoms with Crippen LogP contribution in [0.2, 0.25) is 0 Å². The van der Waals surface area contributed by atoms with Crippen molar-refractivity contribution in [3.8, 4) is 5.75 Å². The number of aryl methyl sites for hydroxylation is 1. The van der Waals surface area contributed by atoms with Crippen LogP contribution in [-0.2, 0) is 6.61 Å². The Morgan fingerprint density at radius 1 is 1.30 bits per heavy atom. The monoisotopic (exact) mass is 271 g/mol. The molecule has 0 spiro atoms. The Morgan fingerprint density at radius 3 is 2.85 bits per heavy atom. The van der Waals surface area contributed by atoms with Crippen LogP contribution in [0.15, 0.2) is 40.8 Å². The third kappa shape index (κ3) is 3.02. The highest BCUT2D eigenvalue weighted by Gasteiger charge is 2.25. The first kappa shape index (κ1) is 12.8. The second-order valence-electron chi connectivity index (χ2n) is 5.07. The summed E-state index contributed by atoms with van der Waals surface area (Å²) in [6.45, 7) is 2.31. The van der Waals surface area contributed by atoms with E-state index in [1.807, 2.05) is 31.2 Å². The molecular formula is C16H17NO3. The first-order valence-electron chi connectivity index (χ1n) is 6.80. The van der Waals surface area contributed by atoms with Gasteiger partial charge in [0.1, 0.15) is 18.1 Å². The first-order valence-corrected chi connectivity index (χ1v) is 6.80. The van der Waals surface area contributed by atoms with Crippen molar-refractivity contribution in [2.24, 2.45) is 0 Å². The zero-order valence-electron chi connectivity index (χ0n) is 11.4. The molecule has 1 fully saturated rings. The summed E-state index contributed by atoms with van der Waals surface area (Å²) >= 11 is 0. The van der Waals surface area contributed by atoms with Gasteiger partial charge in [0.2, 0.25) is 0 Å². The summed E-state index contributed by atoms with van der Waals surface area (Å²) in [5, 5.41) is 2.89. The lowest BCUT2D eigenvalue weighted by atomic mass is 10.2. The van der Waals surface area contributed by atoms with Crippen molar-refractivity contribution in [2.75, 3.05) is 0 Å². The van der Waals surface area contributed by atoms with Crippen molar-refractivity contribution >= 4 is 5.91 Å². The molecule has 1 N–H and O–H groups in total. The van der Waals surface area contributed by atoms with Gasteiger partial charge in [-0.1, -0.05) is 18.2 Å².